The number of hydrogen-bond acceptors (Lipinski definition) is 0. The lowest BCUT2D eigenvalue weighted by atomic mass is 9.64. The van der Waals surface area contributed by atoms with E-state index in [1.165, 1.54) is 56.9 Å². The van der Waals surface area contributed by atoms with Crippen molar-refractivity contribution < 1.29 is 0 Å². The molecule has 1 aromatic rings. The minimum absolute atomic E-state index is 0.833. The Hall–Kier alpha value is -0.780. The molecule has 2 aliphatic rings. The van der Waals surface area contributed by atoms with Gasteiger partial charge in [-0.1, -0.05) is 57.9 Å². The van der Waals surface area contributed by atoms with Crippen molar-refractivity contribution in [3.63, 3.8) is 0 Å². The fourth-order valence-corrected chi connectivity index (χ4v) is 5.51. The molecule has 23 heavy (non-hydrogen) atoms. The van der Waals surface area contributed by atoms with Crippen LogP contribution in [0, 0.1) is 23.7 Å². The second-order valence-corrected chi connectivity index (χ2v) is 8.44. The van der Waals surface area contributed by atoms with E-state index >= 15 is 0 Å². The molecule has 128 valence electrons. The van der Waals surface area contributed by atoms with E-state index in [0.717, 1.165) is 36.0 Å². The monoisotopic (exact) mass is 312 g/mol. The molecule has 0 heteroatoms. The average molecular weight is 313 g/mol. The lowest BCUT2D eigenvalue weighted by Gasteiger charge is -2.41. The predicted octanol–water partition coefficient (Wildman–Crippen LogP) is 6.99. The van der Waals surface area contributed by atoms with Gasteiger partial charge in [0.15, 0.2) is 0 Å². The van der Waals surface area contributed by atoms with Crippen LogP contribution in [0.2, 0.25) is 0 Å². The van der Waals surface area contributed by atoms with Gasteiger partial charge in [0, 0.05) is 0 Å². The Morgan fingerprint density at radius 1 is 0.870 bits per heavy atom. The van der Waals surface area contributed by atoms with Crippen LogP contribution in [0.25, 0.3) is 0 Å². The summed E-state index contributed by atoms with van der Waals surface area (Å²) in [5.74, 6) is 4.88. The lowest BCUT2D eigenvalue weighted by molar-refractivity contribution is 0.104. The molecule has 0 amide bonds. The average Bonchev–Trinajstić information content (AvgIpc) is 2.62. The highest BCUT2D eigenvalue weighted by Crippen LogP contribution is 2.46. The highest BCUT2D eigenvalue weighted by Gasteiger charge is 2.34. The summed E-state index contributed by atoms with van der Waals surface area (Å²) in [4.78, 5) is 0. The first-order chi connectivity index (χ1) is 11.2. The Bertz CT molecular complexity index is 463. The Labute approximate surface area is 144 Å². The van der Waals surface area contributed by atoms with Crippen LogP contribution in [-0.2, 0) is 6.42 Å². The zero-order chi connectivity index (χ0) is 16.2. The van der Waals surface area contributed by atoms with E-state index in [4.69, 9.17) is 0 Å². The molecule has 0 saturated heterocycles. The van der Waals surface area contributed by atoms with Crippen LogP contribution in [0.4, 0.5) is 0 Å². The smallest absolute Gasteiger partial charge is 0.0162 e. The first-order valence-corrected chi connectivity index (χ1v) is 10.3. The summed E-state index contributed by atoms with van der Waals surface area (Å²) >= 11 is 0. The van der Waals surface area contributed by atoms with Crippen LogP contribution in [0.15, 0.2) is 24.3 Å². The second-order valence-electron chi connectivity index (χ2n) is 8.44. The lowest BCUT2D eigenvalue weighted by Crippen LogP contribution is -2.31. The van der Waals surface area contributed by atoms with Gasteiger partial charge in [0.05, 0.1) is 0 Å². The molecular weight excluding hydrogens is 276 g/mol. The quantitative estimate of drug-likeness (QED) is 0.562. The highest BCUT2D eigenvalue weighted by atomic mass is 14.4. The molecule has 2 saturated carbocycles. The standard InChI is InChI=1S/C23H36/c1-4-18-6-9-20(10-7-18)21-11-13-22(14-12-21)23-15-8-19(5-2)16-17(23)3/h6-7,9-10,17,19,21-23H,4-5,8,11-16H2,1-3H3. The summed E-state index contributed by atoms with van der Waals surface area (Å²) in [5.41, 5.74) is 3.08. The minimum Gasteiger partial charge on any atom is -0.0651 e. The third-order valence-electron chi connectivity index (χ3n) is 7.16. The minimum atomic E-state index is 0.833. The Kier molecular flexibility index (Phi) is 5.83. The van der Waals surface area contributed by atoms with Gasteiger partial charge in [-0.25, -0.2) is 0 Å². The summed E-state index contributed by atoms with van der Waals surface area (Å²) in [6.07, 6.45) is 12.9. The molecule has 0 heterocycles. The molecule has 0 aromatic heterocycles. The van der Waals surface area contributed by atoms with Crippen LogP contribution in [0.5, 0.6) is 0 Å². The molecule has 0 spiro atoms. The molecule has 3 atom stereocenters. The van der Waals surface area contributed by atoms with Crippen LogP contribution in [0.1, 0.15) is 89.2 Å². The number of rotatable bonds is 4. The fraction of sp³-hybridized carbons (Fsp3) is 0.739. The number of aryl methyl sites for hydroxylation is 1. The molecule has 0 bridgehead atoms. The summed E-state index contributed by atoms with van der Waals surface area (Å²) in [7, 11) is 0. The maximum absolute atomic E-state index is 2.54. The van der Waals surface area contributed by atoms with Crippen LogP contribution in [0.3, 0.4) is 0 Å². The third kappa shape index (κ3) is 4.01. The van der Waals surface area contributed by atoms with E-state index in [9.17, 15) is 0 Å². The van der Waals surface area contributed by atoms with Gasteiger partial charge in [-0.2, -0.15) is 0 Å². The molecule has 0 aliphatic heterocycles. The second kappa shape index (κ2) is 7.86. The van der Waals surface area contributed by atoms with Gasteiger partial charge >= 0.3 is 0 Å². The first kappa shape index (κ1) is 17.1. The molecule has 0 N–H and O–H groups in total. The normalized spacial score (nSPS) is 35.2. The van der Waals surface area contributed by atoms with E-state index in [-0.39, 0.29) is 0 Å². The zero-order valence-electron chi connectivity index (χ0n) is 15.6. The molecule has 2 fully saturated rings. The van der Waals surface area contributed by atoms with Crippen molar-refractivity contribution >= 4 is 0 Å². The van der Waals surface area contributed by atoms with Gasteiger partial charge < -0.3 is 0 Å². The van der Waals surface area contributed by atoms with Gasteiger partial charge in [-0.15, -0.1) is 0 Å². The molecule has 2 aliphatic carbocycles. The van der Waals surface area contributed by atoms with Crippen molar-refractivity contribution in [2.24, 2.45) is 23.7 Å². The van der Waals surface area contributed by atoms with Crippen molar-refractivity contribution in [3.05, 3.63) is 35.4 Å². The molecule has 0 radical (unpaired) electrons. The van der Waals surface area contributed by atoms with Gasteiger partial charge in [0.2, 0.25) is 0 Å². The molecular formula is C23H36. The van der Waals surface area contributed by atoms with Crippen molar-refractivity contribution in [1.82, 2.24) is 0 Å². The Morgan fingerprint density at radius 2 is 1.57 bits per heavy atom. The van der Waals surface area contributed by atoms with Crippen molar-refractivity contribution in [2.75, 3.05) is 0 Å². The summed E-state index contributed by atoms with van der Waals surface area (Å²) in [6.45, 7) is 7.17. The van der Waals surface area contributed by atoms with E-state index in [2.05, 4.69) is 45.0 Å². The van der Waals surface area contributed by atoms with Crippen molar-refractivity contribution in [3.8, 4) is 0 Å². The molecule has 0 nitrogen and oxygen atoms in total. The summed E-state index contributed by atoms with van der Waals surface area (Å²) in [5, 5.41) is 0. The zero-order valence-corrected chi connectivity index (χ0v) is 15.6. The van der Waals surface area contributed by atoms with Gasteiger partial charge in [-0.05, 0) is 85.7 Å². The van der Waals surface area contributed by atoms with Gasteiger partial charge in [-0.3, -0.25) is 0 Å². The Balaban J connectivity index is 1.53. The SMILES string of the molecule is CCc1ccc(C2CCC(C3CCC(CC)CC3C)CC2)cc1. The first-order valence-electron chi connectivity index (χ1n) is 10.3. The number of hydrogen-bond donors (Lipinski definition) is 0. The highest BCUT2D eigenvalue weighted by molar-refractivity contribution is 5.25. The predicted molar refractivity (Wildman–Crippen MR) is 101 cm³/mol. The number of benzene rings is 1. The third-order valence-corrected chi connectivity index (χ3v) is 7.16. The van der Waals surface area contributed by atoms with Gasteiger partial charge in [0.1, 0.15) is 0 Å². The largest absolute Gasteiger partial charge is 0.0651 e. The Morgan fingerprint density at radius 3 is 2.13 bits per heavy atom. The van der Waals surface area contributed by atoms with Crippen LogP contribution < -0.4 is 0 Å². The van der Waals surface area contributed by atoms with Crippen molar-refractivity contribution in [1.29, 1.82) is 0 Å². The van der Waals surface area contributed by atoms with Crippen molar-refractivity contribution in [2.45, 2.75) is 84.5 Å². The maximum atomic E-state index is 2.54. The molecule has 3 unspecified atom stereocenters. The molecule has 3 rings (SSSR count). The fourth-order valence-electron chi connectivity index (χ4n) is 5.51. The summed E-state index contributed by atoms with van der Waals surface area (Å²) in [6, 6.07) is 9.49. The van der Waals surface area contributed by atoms with Gasteiger partial charge in [0.25, 0.3) is 0 Å². The van der Waals surface area contributed by atoms with Crippen LogP contribution >= 0.6 is 0 Å². The van der Waals surface area contributed by atoms with E-state index in [1.807, 2.05) is 0 Å². The topological polar surface area (TPSA) is 0 Å². The maximum Gasteiger partial charge on any atom is -0.0162 e. The molecule has 1 aromatic carbocycles. The summed E-state index contributed by atoms with van der Waals surface area (Å²) < 4.78 is 0. The van der Waals surface area contributed by atoms with E-state index in [0.29, 0.717) is 0 Å². The van der Waals surface area contributed by atoms with E-state index in [1.54, 1.807) is 5.56 Å². The van der Waals surface area contributed by atoms with Crippen LogP contribution in [-0.4, -0.2) is 0 Å². The van der Waals surface area contributed by atoms with E-state index < -0.39 is 0 Å².